The number of hydrogen-bond donors (Lipinski definition) is 0. The lowest BCUT2D eigenvalue weighted by Crippen LogP contribution is -2.25. The molecule has 0 unspecified atom stereocenters. The lowest BCUT2D eigenvalue weighted by molar-refractivity contribution is 0.228. The first-order valence-corrected chi connectivity index (χ1v) is 9.79. The van der Waals surface area contributed by atoms with E-state index in [9.17, 15) is 0 Å². The van der Waals surface area contributed by atoms with Gasteiger partial charge in [0.1, 0.15) is 5.01 Å². The number of aromatic nitrogens is 1. The molecule has 3 heteroatoms. The van der Waals surface area contributed by atoms with E-state index in [1.54, 1.807) is 0 Å². The Bertz CT molecular complexity index is 539. The van der Waals surface area contributed by atoms with Crippen LogP contribution in [0.4, 0.5) is 0 Å². The second-order valence-corrected chi connectivity index (χ2v) is 7.54. The van der Waals surface area contributed by atoms with Crippen LogP contribution in [-0.2, 0) is 0 Å². The van der Waals surface area contributed by atoms with Crippen molar-refractivity contribution < 1.29 is 0 Å². The number of rotatable bonds is 8. The molecule has 2 heterocycles. The third-order valence-corrected chi connectivity index (χ3v) is 5.90. The predicted octanol–water partition coefficient (Wildman–Crippen LogP) is 5.79. The van der Waals surface area contributed by atoms with Gasteiger partial charge in [-0.15, -0.1) is 11.3 Å². The van der Waals surface area contributed by atoms with Crippen LogP contribution in [0.2, 0.25) is 0 Å². The van der Waals surface area contributed by atoms with Crippen molar-refractivity contribution in [2.45, 2.75) is 64.3 Å². The summed E-state index contributed by atoms with van der Waals surface area (Å²) in [6.45, 7) is 4.80. The average Bonchev–Trinajstić information content (AvgIpc) is 3.20. The molecule has 0 spiro atoms. The van der Waals surface area contributed by atoms with Crippen LogP contribution in [-0.4, -0.2) is 23.0 Å². The van der Waals surface area contributed by atoms with Gasteiger partial charge in [0.15, 0.2) is 0 Å². The molecule has 1 saturated heterocycles. The number of para-hydroxylation sites is 1. The molecule has 2 aromatic rings. The maximum absolute atomic E-state index is 4.95. The molecule has 0 saturated carbocycles. The van der Waals surface area contributed by atoms with Crippen molar-refractivity contribution in [2.75, 3.05) is 13.1 Å². The Hall–Kier alpha value is -0.930. The molecule has 0 N–H and O–H groups in total. The highest BCUT2D eigenvalue weighted by molar-refractivity contribution is 7.18. The molecule has 0 aliphatic carbocycles. The fourth-order valence-electron chi connectivity index (χ4n) is 3.49. The Kier molecular flexibility index (Phi) is 5.85. The molecule has 1 aliphatic rings. The molecule has 0 amide bonds. The van der Waals surface area contributed by atoms with E-state index in [1.807, 2.05) is 11.3 Å². The Balaban J connectivity index is 1.69. The molecule has 1 aromatic carbocycles. The van der Waals surface area contributed by atoms with Crippen molar-refractivity contribution >= 4 is 21.6 Å². The molecule has 1 atom stereocenters. The van der Waals surface area contributed by atoms with Crippen molar-refractivity contribution in [1.29, 1.82) is 0 Å². The number of nitrogens with zero attached hydrogens (tertiary/aromatic N) is 2. The molecule has 0 radical (unpaired) electrons. The minimum absolute atomic E-state index is 0.557. The van der Waals surface area contributed by atoms with E-state index in [1.165, 1.54) is 79.7 Å². The van der Waals surface area contributed by atoms with Gasteiger partial charge in [-0.3, -0.25) is 4.90 Å². The van der Waals surface area contributed by atoms with Crippen molar-refractivity contribution in [2.24, 2.45) is 0 Å². The van der Waals surface area contributed by atoms with Crippen LogP contribution < -0.4 is 0 Å². The van der Waals surface area contributed by atoms with E-state index in [0.717, 1.165) is 0 Å². The predicted molar refractivity (Wildman–Crippen MR) is 96.5 cm³/mol. The quantitative estimate of drug-likeness (QED) is 0.573. The molecule has 1 fully saturated rings. The highest BCUT2D eigenvalue weighted by Gasteiger charge is 2.25. The smallest absolute Gasteiger partial charge is 0.111 e. The fourth-order valence-corrected chi connectivity index (χ4v) is 4.63. The van der Waals surface area contributed by atoms with Gasteiger partial charge in [-0.25, -0.2) is 4.98 Å². The second kappa shape index (κ2) is 8.07. The van der Waals surface area contributed by atoms with E-state index in [4.69, 9.17) is 4.98 Å². The zero-order valence-electron chi connectivity index (χ0n) is 13.8. The number of fused-ring (bicyclic) bond motifs is 1. The maximum Gasteiger partial charge on any atom is 0.111 e. The SMILES string of the molecule is CCCCCCC[C@@H](c1nc2ccccc2s1)N1CCCC1. The van der Waals surface area contributed by atoms with Gasteiger partial charge in [-0.05, 0) is 44.5 Å². The summed E-state index contributed by atoms with van der Waals surface area (Å²) in [7, 11) is 0. The van der Waals surface area contributed by atoms with Crippen LogP contribution in [0.15, 0.2) is 24.3 Å². The summed E-state index contributed by atoms with van der Waals surface area (Å²) in [5.74, 6) is 0. The van der Waals surface area contributed by atoms with Gasteiger partial charge in [0.25, 0.3) is 0 Å². The van der Waals surface area contributed by atoms with Crippen LogP contribution in [0, 0.1) is 0 Å². The monoisotopic (exact) mass is 316 g/mol. The minimum Gasteiger partial charge on any atom is -0.294 e. The van der Waals surface area contributed by atoms with Crippen molar-refractivity contribution in [3.05, 3.63) is 29.3 Å². The number of likely N-dealkylation sites (tertiary alicyclic amines) is 1. The molecule has 1 aliphatic heterocycles. The molecule has 0 bridgehead atoms. The zero-order valence-corrected chi connectivity index (χ0v) is 14.6. The summed E-state index contributed by atoms with van der Waals surface area (Å²) >= 11 is 1.91. The van der Waals surface area contributed by atoms with Gasteiger partial charge in [0.2, 0.25) is 0 Å². The molecule has 1 aromatic heterocycles. The number of thiazole rings is 1. The van der Waals surface area contributed by atoms with Gasteiger partial charge in [-0.2, -0.15) is 0 Å². The lowest BCUT2D eigenvalue weighted by Gasteiger charge is -2.25. The van der Waals surface area contributed by atoms with Gasteiger partial charge >= 0.3 is 0 Å². The summed E-state index contributed by atoms with van der Waals surface area (Å²) in [4.78, 5) is 7.63. The third kappa shape index (κ3) is 3.88. The number of unbranched alkanes of at least 4 members (excludes halogenated alkanes) is 4. The van der Waals surface area contributed by atoms with Gasteiger partial charge in [-0.1, -0.05) is 51.2 Å². The van der Waals surface area contributed by atoms with Crippen LogP contribution in [0.1, 0.15) is 69.3 Å². The Labute approximate surface area is 138 Å². The molecule has 120 valence electrons. The average molecular weight is 317 g/mol. The lowest BCUT2D eigenvalue weighted by atomic mass is 10.1. The summed E-state index contributed by atoms with van der Waals surface area (Å²) in [6, 6.07) is 9.14. The Morgan fingerprint density at radius 3 is 2.64 bits per heavy atom. The highest BCUT2D eigenvalue weighted by atomic mass is 32.1. The minimum atomic E-state index is 0.557. The molecular weight excluding hydrogens is 288 g/mol. The fraction of sp³-hybridized carbons (Fsp3) is 0.632. The Morgan fingerprint density at radius 2 is 1.86 bits per heavy atom. The Morgan fingerprint density at radius 1 is 1.09 bits per heavy atom. The topological polar surface area (TPSA) is 16.1 Å². The third-order valence-electron chi connectivity index (χ3n) is 4.76. The molecular formula is C19H28N2S. The first kappa shape index (κ1) is 15.9. The largest absolute Gasteiger partial charge is 0.294 e. The number of benzene rings is 1. The summed E-state index contributed by atoms with van der Waals surface area (Å²) in [5.41, 5.74) is 1.18. The van der Waals surface area contributed by atoms with Gasteiger partial charge < -0.3 is 0 Å². The normalized spacial score (nSPS) is 17.3. The van der Waals surface area contributed by atoms with Crippen LogP contribution in [0.25, 0.3) is 10.2 Å². The standard InChI is InChI=1S/C19H28N2S/c1-2-3-4-5-6-12-17(21-14-9-10-15-21)19-20-16-11-7-8-13-18(16)22-19/h7-8,11,13,17H,2-6,9-10,12,14-15H2,1H3/t17-/m0/s1. The van der Waals surface area contributed by atoms with E-state index in [0.29, 0.717) is 6.04 Å². The van der Waals surface area contributed by atoms with Crippen LogP contribution in [0.5, 0.6) is 0 Å². The van der Waals surface area contributed by atoms with Crippen molar-refractivity contribution in [3.8, 4) is 0 Å². The zero-order chi connectivity index (χ0) is 15.2. The van der Waals surface area contributed by atoms with E-state index in [2.05, 4.69) is 36.1 Å². The van der Waals surface area contributed by atoms with Gasteiger partial charge in [0.05, 0.1) is 16.3 Å². The molecule has 22 heavy (non-hydrogen) atoms. The first-order chi connectivity index (χ1) is 10.9. The summed E-state index contributed by atoms with van der Waals surface area (Å²) in [5, 5.41) is 1.35. The molecule has 3 rings (SSSR count). The van der Waals surface area contributed by atoms with Crippen LogP contribution in [0.3, 0.4) is 0 Å². The maximum atomic E-state index is 4.95. The number of hydrogen-bond acceptors (Lipinski definition) is 3. The van der Waals surface area contributed by atoms with E-state index < -0.39 is 0 Å². The first-order valence-electron chi connectivity index (χ1n) is 8.98. The summed E-state index contributed by atoms with van der Waals surface area (Å²) in [6.07, 6.45) is 10.8. The second-order valence-electron chi connectivity index (χ2n) is 6.48. The van der Waals surface area contributed by atoms with E-state index in [-0.39, 0.29) is 0 Å². The van der Waals surface area contributed by atoms with Crippen molar-refractivity contribution in [3.63, 3.8) is 0 Å². The molecule has 2 nitrogen and oxygen atoms in total. The van der Waals surface area contributed by atoms with Crippen molar-refractivity contribution in [1.82, 2.24) is 9.88 Å². The van der Waals surface area contributed by atoms with Gasteiger partial charge in [0, 0.05) is 0 Å². The summed E-state index contributed by atoms with van der Waals surface area (Å²) < 4.78 is 1.34. The van der Waals surface area contributed by atoms with Crippen LogP contribution >= 0.6 is 11.3 Å². The van der Waals surface area contributed by atoms with E-state index >= 15 is 0 Å². The highest BCUT2D eigenvalue weighted by Crippen LogP contribution is 2.34.